The summed E-state index contributed by atoms with van der Waals surface area (Å²) >= 11 is 2.00. The van der Waals surface area contributed by atoms with E-state index in [1.807, 2.05) is 22.6 Å². The van der Waals surface area contributed by atoms with Crippen LogP contribution in [0.25, 0.3) is 0 Å². The number of benzene rings is 1. The lowest BCUT2D eigenvalue weighted by atomic mass is 10.2. The van der Waals surface area contributed by atoms with Gasteiger partial charge in [0, 0.05) is 10.5 Å². The summed E-state index contributed by atoms with van der Waals surface area (Å²) in [5, 5.41) is 11.0. The van der Waals surface area contributed by atoms with E-state index in [9.17, 15) is 23.3 Å². The maximum absolute atomic E-state index is 12.4. The van der Waals surface area contributed by atoms with Gasteiger partial charge in [-0.2, -0.15) is 4.72 Å². The Kier molecular flexibility index (Phi) is 7.35. The number of halogens is 1. The largest absolute Gasteiger partial charge is 0.462 e. The quantitative estimate of drug-likeness (QED) is 0.210. The molecule has 0 aliphatic carbocycles. The van der Waals surface area contributed by atoms with E-state index in [-0.39, 0.29) is 6.42 Å². The van der Waals surface area contributed by atoms with Crippen LogP contribution in [0, 0.1) is 10.1 Å². The minimum absolute atomic E-state index is 0.214. The Morgan fingerprint density at radius 3 is 2.52 bits per heavy atom. The van der Waals surface area contributed by atoms with Crippen molar-refractivity contribution in [2.24, 2.45) is 0 Å². The third-order valence-electron chi connectivity index (χ3n) is 2.68. The monoisotopic (exact) mass is 456 g/mol. The van der Waals surface area contributed by atoms with Gasteiger partial charge in [0.2, 0.25) is 10.0 Å². The first-order chi connectivity index (χ1) is 10.7. The van der Waals surface area contributed by atoms with Gasteiger partial charge in [-0.25, -0.2) is 8.42 Å². The van der Waals surface area contributed by atoms with Crippen molar-refractivity contribution < 1.29 is 22.9 Å². The van der Waals surface area contributed by atoms with E-state index in [2.05, 4.69) is 4.72 Å². The Bertz CT molecular complexity index is 677. The van der Waals surface area contributed by atoms with Crippen molar-refractivity contribution in [2.45, 2.75) is 37.3 Å². The number of hydrogen-bond acceptors (Lipinski definition) is 6. The molecule has 0 aliphatic heterocycles. The first-order valence-corrected chi connectivity index (χ1v) is 9.72. The molecular weight excluding hydrogens is 439 g/mol. The first kappa shape index (κ1) is 19.8. The summed E-state index contributed by atoms with van der Waals surface area (Å²) < 4.78 is 32.5. The second-order valence-electron chi connectivity index (χ2n) is 4.86. The maximum atomic E-state index is 12.4. The Labute approximate surface area is 147 Å². The third-order valence-corrected chi connectivity index (χ3v) is 4.82. The molecule has 23 heavy (non-hydrogen) atoms. The average Bonchev–Trinajstić information content (AvgIpc) is 2.45. The molecule has 128 valence electrons. The third kappa shape index (κ3) is 5.70. The molecule has 0 unspecified atom stereocenters. The van der Waals surface area contributed by atoms with Gasteiger partial charge in [-0.3, -0.25) is 14.9 Å². The van der Waals surface area contributed by atoms with E-state index in [0.29, 0.717) is 4.43 Å². The predicted octanol–water partition coefficient (Wildman–Crippen LogP) is 2.02. The molecule has 0 saturated carbocycles. The number of hydrogen-bond donors (Lipinski definition) is 1. The lowest BCUT2D eigenvalue weighted by Crippen LogP contribution is -2.42. The lowest BCUT2D eigenvalue weighted by Gasteiger charge is -2.18. The van der Waals surface area contributed by atoms with Crippen molar-refractivity contribution in [1.29, 1.82) is 0 Å². The second kappa shape index (κ2) is 8.55. The van der Waals surface area contributed by atoms with E-state index < -0.39 is 43.6 Å². The predicted molar refractivity (Wildman–Crippen MR) is 91.9 cm³/mol. The zero-order valence-electron chi connectivity index (χ0n) is 12.6. The van der Waals surface area contributed by atoms with Crippen LogP contribution in [0.4, 0.5) is 5.69 Å². The van der Waals surface area contributed by atoms with Crippen LogP contribution < -0.4 is 4.72 Å². The molecule has 8 nitrogen and oxygen atoms in total. The van der Waals surface area contributed by atoms with Crippen LogP contribution in [0.1, 0.15) is 20.3 Å². The molecule has 0 fully saturated rings. The lowest BCUT2D eigenvalue weighted by molar-refractivity contribution is -0.387. The molecule has 1 aromatic rings. The van der Waals surface area contributed by atoms with Crippen LogP contribution in [0.15, 0.2) is 29.2 Å². The zero-order valence-corrected chi connectivity index (χ0v) is 15.5. The number of alkyl halides is 1. The summed E-state index contributed by atoms with van der Waals surface area (Å²) in [5.41, 5.74) is -0.551. The number of esters is 1. The minimum Gasteiger partial charge on any atom is -0.462 e. The number of nitro groups is 1. The smallest absolute Gasteiger partial charge is 0.324 e. The Morgan fingerprint density at radius 1 is 1.39 bits per heavy atom. The van der Waals surface area contributed by atoms with Gasteiger partial charge in [-0.1, -0.05) is 34.7 Å². The van der Waals surface area contributed by atoms with Crippen molar-refractivity contribution in [3.05, 3.63) is 34.4 Å². The molecule has 0 aromatic heterocycles. The number of carbonyl (C=O) groups is 1. The van der Waals surface area contributed by atoms with Crippen molar-refractivity contribution in [1.82, 2.24) is 4.72 Å². The van der Waals surface area contributed by atoms with Crippen LogP contribution in [0.3, 0.4) is 0 Å². The highest BCUT2D eigenvalue weighted by molar-refractivity contribution is 14.1. The molecule has 0 aliphatic rings. The SMILES string of the molecule is CC(C)OC(=O)[C@@H](CCI)NS(=O)(=O)c1ccccc1[N+](=O)[O-]. The molecular formula is C13H17IN2O6S. The number of carbonyl (C=O) groups excluding carboxylic acids is 1. The maximum Gasteiger partial charge on any atom is 0.324 e. The molecule has 0 bridgehead atoms. The molecule has 1 atom stereocenters. The van der Waals surface area contributed by atoms with Crippen LogP contribution >= 0.6 is 22.6 Å². The minimum atomic E-state index is -4.23. The summed E-state index contributed by atoms with van der Waals surface area (Å²) in [5.74, 6) is -0.709. The highest BCUT2D eigenvalue weighted by Crippen LogP contribution is 2.23. The van der Waals surface area contributed by atoms with Crippen molar-refractivity contribution in [3.63, 3.8) is 0 Å². The van der Waals surface area contributed by atoms with Crippen molar-refractivity contribution >= 4 is 44.3 Å². The fourth-order valence-corrected chi connectivity index (χ4v) is 3.75. The summed E-state index contributed by atoms with van der Waals surface area (Å²) in [6.45, 7) is 3.30. The van der Waals surface area contributed by atoms with Crippen LogP contribution in [-0.2, 0) is 19.6 Å². The molecule has 0 spiro atoms. The van der Waals surface area contributed by atoms with Gasteiger partial charge in [-0.05, 0) is 26.3 Å². The molecule has 1 rings (SSSR count). The Morgan fingerprint density at radius 2 is 2.00 bits per heavy atom. The molecule has 0 heterocycles. The van der Waals surface area contributed by atoms with Crippen molar-refractivity contribution in [2.75, 3.05) is 4.43 Å². The second-order valence-corrected chi connectivity index (χ2v) is 7.62. The topological polar surface area (TPSA) is 116 Å². The summed E-state index contributed by atoms with van der Waals surface area (Å²) in [4.78, 5) is 21.7. The number of para-hydroxylation sites is 1. The molecule has 0 radical (unpaired) electrons. The zero-order chi connectivity index (χ0) is 17.6. The Hall–Kier alpha value is -1.27. The van der Waals surface area contributed by atoms with E-state index in [1.165, 1.54) is 12.1 Å². The van der Waals surface area contributed by atoms with Gasteiger partial charge < -0.3 is 4.74 Å². The summed E-state index contributed by atoms with van der Waals surface area (Å²) in [7, 11) is -4.23. The average molecular weight is 456 g/mol. The van der Waals surface area contributed by atoms with Crippen LogP contribution in [0.2, 0.25) is 0 Å². The van der Waals surface area contributed by atoms with Gasteiger partial charge in [-0.15, -0.1) is 0 Å². The fourth-order valence-electron chi connectivity index (χ4n) is 1.73. The number of nitrogens with one attached hydrogen (secondary N) is 1. The normalized spacial score (nSPS) is 12.9. The van der Waals surface area contributed by atoms with Crippen LogP contribution in [0.5, 0.6) is 0 Å². The van der Waals surface area contributed by atoms with E-state index in [4.69, 9.17) is 4.74 Å². The molecule has 1 N–H and O–H groups in total. The van der Waals surface area contributed by atoms with E-state index >= 15 is 0 Å². The molecule has 0 amide bonds. The van der Waals surface area contributed by atoms with E-state index in [1.54, 1.807) is 13.8 Å². The van der Waals surface area contributed by atoms with Gasteiger partial charge in [0.1, 0.15) is 6.04 Å². The number of rotatable bonds is 8. The van der Waals surface area contributed by atoms with Gasteiger partial charge in [0.15, 0.2) is 4.90 Å². The number of nitro benzene ring substituents is 1. The molecule has 1 aromatic carbocycles. The standard InChI is InChI=1S/C13H17IN2O6S/c1-9(2)22-13(17)10(7-8-14)15-23(20,21)12-6-4-3-5-11(12)16(18)19/h3-6,9-10,15H,7-8H2,1-2H3/t10-/m1/s1. The van der Waals surface area contributed by atoms with Crippen molar-refractivity contribution in [3.8, 4) is 0 Å². The summed E-state index contributed by atoms with van der Waals surface area (Å²) in [6.07, 6.45) is -0.179. The molecule has 10 heteroatoms. The van der Waals surface area contributed by atoms with E-state index in [0.717, 1.165) is 12.1 Å². The summed E-state index contributed by atoms with van der Waals surface area (Å²) in [6, 6.07) is 3.86. The number of nitrogens with zero attached hydrogens (tertiary/aromatic N) is 1. The highest BCUT2D eigenvalue weighted by Gasteiger charge is 2.31. The molecule has 0 saturated heterocycles. The highest BCUT2D eigenvalue weighted by atomic mass is 127. The van der Waals surface area contributed by atoms with Gasteiger partial charge in [0.05, 0.1) is 11.0 Å². The van der Waals surface area contributed by atoms with Crippen LogP contribution in [-0.4, -0.2) is 35.9 Å². The first-order valence-electron chi connectivity index (χ1n) is 6.71. The van der Waals surface area contributed by atoms with Gasteiger partial charge >= 0.3 is 5.97 Å². The number of sulfonamides is 1. The van der Waals surface area contributed by atoms with Gasteiger partial charge in [0.25, 0.3) is 5.69 Å². The number of ether oxygens (including phenoxy) is 1. The Balaban J connectivity index is 3.12. The fraction of sp³-hybridized carbons (Fsp3) is 0.462.